The van der Waals surface area contributed by atoms with Crippen LogP contribution in [-0.2, 0) is 4.79 Å². The third-order valence-electron chi connectivity index (χ3n) is 2.92. The van der Waals surface area contributed by atoms with E-state index in [0.29, 0.717) is 14.5 Å². The number of rotatable bonds is 3. The Kier molecular flexibility index (Phi) is 5.51. The molecule has 2 rings (SSSR count). The molecule has 6 nitrogen and oxygen atoms in total. The highest BCUT2D eigenvalue weighted by Gasteiger charge is 2.41. The maximum Gasteiger partial charge on any atom is 0.340 e. The second-order valence-electron chi connectivity index (χ2n) is 4.73. The zero-order valence-corrected chi connectivity index (χ0v) is 15.1. The summed E-state index contributed by atoms with van der Waals surface area (Å²) in [5.74, 6) is -0.513. The van der Waals surface area contributed by atoms with E-state index in [4.69, 9.17) is 23.2 Å². The summed E-state index contributed by atoms with van der Waals surface area (Å²) in [4.78, 5) is 38.2. The molecule has 0 radical (unpaired) electrons. The number of hydrogen-bond acceptors (Lipinski definition) is 3. The number of alkyl halides is 1. The van der Waals surface area contributed by atoms with E-state index in [-0.39, 0.29) is 18.3 Å². The molecular weight excluding hydrogens is 444 g/mol. The third-order valence-corrected chi connectivity index (χ3v) is 4.67. The van der Waals surface area contributed by atoms with Crippen molar-refractivity contribution in [3.63, 3.8) is 0 Å². The van der Waals surface area contributed by atoms with Gasteiger partial charge in [0.05, 0.1) is 5.69 Å². The molecule has 1 aliphatic heterocycles. The van der Waals surface area contributed by atoms with E-state index in [2.05, 4.69) is 27.9 Å². The summed E-state index contributed by atoms with van der Waals surface area (Å²) >= 11 is 13.9. The molecule has 1 aliphatic rings. The maximum atomic E-state index is 12.3. The summed E-state index contributed by atoms with van der Waals surface area (Å²) in [6, 6.07) is 2.95. The molecule has 0 spiro atoms. The maximum absolute atomic E-state index is 12.3. The number of anilines is 1. The average Bonchev–Trinajstić information content (AvgIpc) is 2.72. The summed E-state index contributed by atoms with van der Waals surface area (Å²) in [5, 5.41) is 3.24. The van der Waals surface area contributed by atoms with Gasteiger partial charge in [0, 0.05) is 20.5 Å². The number of carbonyl (C=O) groups is 3. The van der Waals surface area contributed by atoms with Gasteiger partial charge in [-0.3, -0.25) is 4.79 Å². The molecule has 9 heteroatoms. The van der Waals surface area contributed by atoms with E-state index >= 15 is 0 Å². The van der Waals surface area contributed by atoms with E-state index in [1.807, 2.05) is 0 Å². The lowest BCUT2D eigenvalue weighted by Gasteiger charge is -2.18. The van der Waals surface area contributed by atoms with Crippen LogP contribution < -0.4 is 10.2 Å². The van der Waals surface area contributed by atoms with Crippen molar-refractivity contribution in [1.82, 2.24) is 10.2 Å². The quantitative estimate of drug-likeness (QED) is 0.432. The van der Waals surface area contributed by atoms with Gasteiger partial charge in [0.1, 0.15) is 6.54 Å². The number of nitrogens with one attached hydrogen (secondary N) is 1. The van der Waals surface area contributed by atoms with Crippen LogP contribution in [0.1, 0.15) is 6.92 Å². The Bertz CT molecular complexity index is 621. The van der Waals surface area contributed by atoms with Crippen molar-refractivity contribution >= 4 is 69.4 Å². The SMILES string of the molecule is CC(CI)NC(=O)N1CC(=O)N(c2cc(Cl)cc(Cl)c2)C1=O. The van der Waals surface area contributed by atoms with Gasteiger partial charge in [-0.15, -0.1) is 0 Å². The van der Waals surface area contributed by atoms with Crippen molar-refractivity contribution in [3.05, 3.63) is 28.2 Å². The van der Waals surface area contributed by atoms with Crippen LogP contribution in [0, 0.1) is 0 Å². The Hall–Kier alpha value is -1.06. The first-order chi connectivity index (χ1) is 10.3. The third kappa shape index (κ3) is 3.64. The predicted molar refractivity (Wildman–Crippen MR) is 92.9 cm³/mol. The first-order valence-electron chi connectivity index (χ1n) is 6.30. The highest BCUT2D eigenvalue weighted by atomic mass is 127. The number of amides is 5. The van der Waals surface area contributed by atoms with Gasteiger partial charge in [0.25, 0.3) is 5.91 Å². The number of imide groups is 2. The van der Waals surface area contributed by atoms with Gasteiger partial charge >= 0.3 is 12.1 Å². The van der Waals surface area contributed by atoms with E-state index < -0.39 is 18.0 Å². The molecule has 0 aliphatic carbocycles. The summed E-state index contributed by atoms with van der Waals surface area (Å²) in [7, 11) is 0. The topological polar surface area (TPSA) is 69.7 Å². The fourth-order valence-electron chi connectivity index (χ4n) is 1.91. The number of carbonyl (C=O) groups excluding carboxylic acids is 3. The Labute approximate surface area is 150 Å². The molecule has 22 heavy (non-hydrogen) atoms. The van der Waals surface area contributed by atoms with Crippen LogP contribution >= 0.6 is 45.8 Å². The molecule has 1 unspecified atom stereocenters. The van der Waals surface area contributed by atoms with Crippen LogP contribution in [0.3, 0.4) is 0 Å². The monoisotopic (exact) mass is 455 g/mol. The normalized spacial score (nSPS) is 16.2. The van der Waals surface area contributed by atoms with Gasteiger partial charge in [0.15, 0.2) is 0 Å². The molecular formula is C13H12Cl2IN3O3. The van der Waals surface area contributed by atoms with Crippen molar-refractivity contribution in [3.8, 4) is 0 Å². The number of benzene rings is 1. The first kappa shape index (κ1) is 17.3. The highest BCUT2D eigenvalue weighted by Crippen LogP contribution is 2.28. The van der Waals surface area contributed by atoms with Crippen LogP contribution in [-0.4, -0.2) is 39.9 Å². The lowest BCUT2D eigenvalue weighted by molar-refractivity contribution is -0.116. The lowest BCUT2D eigenvalue weighted by atomic mass is 10.3. The minimum Gasteiger partial charge on any atom is -0.334 e. The van der Waals surface area contributed by atoms with Crippen molar-refractivity contribution in [2.45, 2.75) is 13.0 Å². The Morgan fingerprint density at radius 3 is 2.45 bits per heavy atom. The molecule has 118 valence electrons. The van der Waals surface area contributed by atoms with E-state index in [9.17, 15) is 14.4 Å². The van der Waals surface area contributed by atoms with E-state index in [0.717, 1.165) is 9.80 Å². The second-order valence-corrected chi connectivity index (χ2v) is 6.48. The predicted octanol–water partition coefficient (Wildman–Crippen LogP) is 3.30. The van der Waals surface area contributed by atoms with Crippen molar-refractivity contribution in [2.24, 2.45) is 0 Å². The zero-order valence-electron chi connectivity index (χ0n) is 11.5. The molecule has 1 fully saturated rings. The standard InChI is InChI=1S/C13H12Cl2IN3O3/c1-7(5-16)17-12(21)18-6-11(20)19(13(18)22)10-3-8(14)2-9(15)4-10/h2-4,7H,5-6H2,1H3,(H,17,21). The number of halogens is 3. The van der Waals surface area contributed by atoms with E-state index in [1.165, 1.54) is 18.2 Å². The number of hydrogen-bond donors (Lipinski definition) is 1. The molecule has 1 N–H and O–H groups in total. The van der Waals surface area contributed by atoms with Gasteiger partial charge in [0.2, 0.25) is 0 Å². The van der Waals surface area contributed by atoms with Crippen LogP contribution in [0.15, 0.2) is 18.2 Å². The highest BCUT2D eigenvalue weighted by molar-refractivity contribution is 14.1. The summed E-state index contributed by atoms with van der Waals surface area (Å²) in [6.45, 7) is 1.49. The molecule has 1 heterocycles. The fraction of sp³-hybridized carbons (Fsp3) is 0.308. The molecule has 5 amide bonds. The van der Waals surface area contributed by atoms with Crippen LogP contribution in [0.2, 0.25) is 10.0 Å². The van der Waals surface area contributed by atoms with E-state index in [1.54, 1.807) is 6.92 Å². The zero-order chi connectivity index (χ0) is 16.4. The lowest BCUT2D eigenvalue weighted by Crippen LogP contribution is -2.46. The molecule has 1 saturated heterocycles. The first-order valence-corrected chi connectivity index (χ1v) is 8.58. The van der Waals surface area contributed by atoms with Crippen LogP contribution in [0.5, 0.6) is 0 Å². The van der Waals surface area contributed by atoms with Gasteiger partial charge < -0.3 is 5.32 Å². The molecule has 1 aromatic rings. The number of urea groups is 2. The molecule has 1 aromatic carbocycles. The largest absolute Gasteiger partial charge is 0.340 e. The fourth-order valence-corrected chi connectivity index (χ4v) is 2.64. The van der Waals surface area contributed by atoms with Crippen LogP contribution in [0.4, 0.5) is 15.3 Å². The Morgan fingerprint density at radius 1 is 1.32 bits per heavy atom. The van der Waals surface area contributed by atoms with Crippen molar-refractivity contribution < 1.29 is 14.4 Å². The van der Waals surface area contributed by atoms with Gasteiger partial charge in [-0.1, -0.05) is 45.8 Å². The van der Waals surface area contributed by atoms with Crippen molar-refractivity contribution in [2.75, 3.05) is 15.9 Å². The molecule has 1 atom stereocenters. The Balaban J connectivity index is 2.23. The summed E-state index contributed by atoms with van der Waals surface area (Å²) in [6.07, 6.45) is 0. The molecule has 0 saturated carbocycles. The van der Waals surface area contributed by atoms with Gasteiger partial charge in [-0.25, -0.2) is 19.4 Å². The number of nitrogens with zero attached hydrogens (tertiary/aromatic N) is 2. The molecule has 0 bridgehead atoms. The average molecular weight is 456 g/mol. The van der Waals surface area contributed by atoms with Gasteiger partial charge in [-0.05, 0) is 25.1 Å². The summed E-state index contributed by atoms with van der Waals surface area (Å²) in [5.41, 5.74) is 0.240. The summed E-state index contributed by atoms with van der Waals surface area (Å²) < 4.78 is 0.688. The van der Waals surface area contributed by atoms with Crippen LogP contribution in [0.25, 0.3) is 0 Å². The minimum atomic E-state index is -0.721. The second kappa shape index (κ2) is 7.01. The van der Waals surface area contributed by atoms with Gasteiger partial charge in [-0.2, -0.15) is 0 Å². The molecule has 0 aromatic heterocycles. The van der Waals surface area contributed by atoms with Crippen molar-refractivity contribution in [1.29, 1.82) is 0 Å². The Morgan fingerprint density at radius 2 is 1.91 bits per heavy atom. The smallest absolute Gasteiger partial charge is 0.334 e. The minimum absolute atomic E-state index is 0.106.